The number of carboxylic acids is 1. The molecule has 0 saturated carbocycles. The second-order valence-electron chi connectivity index (χ2n) is 5.68. The highest BCUT2D eigenvalue weighted by Crippen LogP contribution is 2.30. The third kappa shape index (κ3) is 4.35. The largest absolute Gasteiger partial charge is 0.534 e. The summed E-state index contributed by atoms with van der Waals surface area (Å²) < 4.78 is 70.1. The van der Waals surface area contributed by atoms with Gasteiger partial charge in [0.05, 0.1) is 11.1 Å². The number of carbonyl (C=O) groups is 1. The lowest BCUT2D eigenvalue weighted by Gasteiger charge is -2.12. The molecule has 10 heteroatoms. The van der Waals surface area contributed by atoms with Crippen LogP contribution < -0.4 is 8.92 Å². The van der Waals surface area contributed by atoms with Crippen LogP contribution >= 0.6 is 0 Å². The number of alkyl halides is 3. The van der Waals surface area contributed by atoms with E-state index >= 15 is 0 Å². The van der Waals surface area contributed by atoms with E-state index in [1.54, 1.807) is 30.4 Å². The van der Waals surface area contributed by atoms with Crippen molar-refractivity contribution < 1.29 is 40.4 Å². The second-order valence-corrected chi connectivity index (χ2v) is 7.22. The van der Waals surface area contributed by atoms with Crippen molar-refractivity contribution in [3.63, 3.8) is 0 Å². The summed E-state index contributed by atoms with van der Waals surface area (Å²) in [6, 6.07) is 7.86. The van der Waals surface area contributed by atoms with Gasteiger partial charge >= 0.3 is 21.6 Å². The van der Waals surface area contributed by atoms with Crippen molar-refractivity contribution >= 4 is 22.2 Å². The minimum absolute atomic E-state index is 0.406. The summed E-state index contributed by atoms with van der Waals surface area (Å²) in [6.45, 7) is 0.415. The number of hydrogen-bond acceptors (Lipinski definition) is 5. The van der Waals surface area contributed by atoms with Gasteiger partial charge in [-0.05, 0) is 36.4 Å². The van der Waals surface area contributed by atoms with E-state index < -0.39 is 38.5 Å². The lowest BCUT2D eigenvalue weighted by molar-refractivity contribution is -0.0500. The minimum atomic E-state index is -6.00. The Kier molecular flexibility index (Phi) is 5.26. The Balaban J connectivity index is 2.07. The van der Waals surface area contributed by atoms with Crippen LogP contribution in [0.3, 0.4) is 0 Å². The Morgan fingerprint density at radius 1 is 1.17 bits per heavy atom. The van der Waals surface area contributed by atoms with E-state index in [-0.39, 0.29) is 0 Å². The van der Waals surface area contributed by atoms with Crippen molar-refractivity contribution in [3.8, 4) is 23.3 Å². The summed E-state index contributed by atoms with van der Waals surface area (Å²) in [6.07, 6.45) is 3.56. The number of benzene rings is 2. The van der Waals surface area contributed by atoms with Crippen molar-refractivity contribution in [2.24, 2.45) is 0 Å². The van der Waals surface area contributed by atoms with Crippen LogP contribution in [0.4, 0.5) is 13.2 Å². The lowest BCUT2D eigenvalue weighted by Crippen LogP contribution is -2.28. The van der Waals surface area contributed by atoms with E-state index in [1.807, 2.05) is 0 Å². The molecule has 0 unspecified atom stereocenters. The molecular formula is C19H11F3O6S. The highest BCUT2D eigenvalue weighted by molar-refractivity contribution is 7.88. The highest BCUT2D eigenvalue weighted by atomic mass is 32.2. The smallest absolute Gasteiger partial charge is 0.489 e. The number of aromatic carboxylic acids is 1. The Morgan fingerprint density at radius 3 is 2.62 bits per heavy atom. The average molecular weight is 424 g/mol. The number of halogens is 3. The maximum absolute atomic E-state index is 12.6. The van der Waals surface area contributed by atoms with Crippen LogP contribution in [0.25, 0.3) is 6.08 Å². The fourth-order valence-electron chi connectivity index (χ4n) is 2.41. The normalized spacial score (nSPS) is 12.9. The molecule has 2 aromatic carbocycles. The molecule has 1 heterocycles. The van der Waals surface area contributed by atoms with Crippen molar-refractivity contribution in [2.75, 3.05) is 6.61 Å². The summed E-state index contributed by atoms with van der Waals surface area (Å²) in [4.78, 5) is 11.4. The van der Waals surface area contributed by atoms with Gasteiger partial charge in [-0.2, -0.15) is 21.6 Å². The first-order valence-corrected chi connectivity index (χ1v) is 9.32. The van der Waals surface area contributed by atoms with E-state index in [0.29, 0.717) is 23.5 Å². The topological polar surface area (TPSA) is 89.9 Å². The third-order valence-electron chi connectivity index (χ3n) is 3.71. The zero-order valence-corrected chi connectivity index (χ0v) is 15.2. The van der Waals surface area contributed by atoms with Gasteiger partial charge in [0.15, 0.2) is 5.75 Å². The van der Waals surface area contributed by atoms with E-state index in [0.717, 1.165) is 18.2 Å². The molecule has 1 aliphatic heterocycles. The summed E-state index contributed by atoms with van der Waals surface area (Å²) in [5, 5.41) is 9.28. The van der Waals surface area contributed by atoms with Crippen LogP contribution in [-0.2, 0) is 10.1 Å². The molecule has 0 saturated heterocycles. The Morgan fingerprint density at radius 2 is 1.93 bits per heavy atom. The Labute approximate surface area is 163 Å². The molecule has 0 bridgehead atoms. The highest BCUT2D eigenvalue weighted by Gasteiger charge is 2.48. The average Bonchev–Trinajstić information content (AvgIpc) is 2.65. The first-order chi connectivity index (χ1) is 13.6. The molecule has 0 aliphatic carbocycles. The summed E-state index contributed by atoms with van der Waals surface area (Å²) in [7, 11) is -6.00. The quantitative estimate of drug-likeness (QED) is 0.461. The fourth-order valence-corrected chi connectivity index (χ4v) is 2.88. The molecule has 0 fully saturated rings. The van der Waals surface area contributed by atoms with Crippen LogP contribution in [0.15, 0.2) is 42.5 Å². The standard InChI is InChI=1S/C19H11F3O6S/c20-19(21,22)29(25,26)28-17-5-1-4-15(18(23)24)14(17)8-6-12-7-9-16-13(11-12)3-2-10-27-16/h1-5,7,9,11H,10H2,(H,23,24). The number of carboxylic acid groups (broad SMARTS) is 1. The summed E-state index contributed by atoms with van der Waals surface area (Å²) >= 11 is 0. The van der Waals surface area contributed by atoms with Gasteiger partial charge in [0.2, 0.25) is 0 Å². The number of fused-ring (bicyclic) bond motifs is 1. The zero-order chi connectivity index (χ0) is 21.2. The van der Waals surface area contributed by atoms with E-state index in [4.69, 9.17) is 4.74 Å². The van der Waals surface area contributed by atoms with E-state index in [1.165, 1.54) is 0 Å². The molecule has 1 aliphatic rings. The molecule has 0 amide bonds. The third-order valence-corrected chi connectivity index (χ3v) is 4.68. The Bertz CT molecular complexity index is 1170. The van der Waals surface area contributed by atoms with Crippen LogP contribution in [-0.4, -0.2) is 31.6 Å². The maximum Gasteiger partial charge on any atom is 0.534 e. The van der Waals surface area contributed by atoms with Gasteiger partial charge in [0.1, 0.15) is 12.4 Å². The first-order valence-electron chi connectivity index (χ1n) is 7.91. The number of hydrogen-bond donors (Lipinski definition) is 1. The molecule has 0 atom stereocenters. The van der Waals surface area contributed by atoms with Crippen LogP contribution in [0.1, 0.15) is 27.0 Å². The van der Waals surface area contributed by atoms with Gasteiger partial charge in [-0.3, -0.25) is 0 Å². The number of rotatable bonds is 3. The minimum Gasteiger partial charge on any atom is -0.489 e. The van der Waals surface area contributed by atoms with Gasteiger partial charge in [0.25, 0.3) is 0 Å². The molecule has 6 nitrogen and oxygen atoms in total. The predicted octanol–water partition coefficient (Wildman–Crippen LogP) is 3.42. The Hall–Kier alpha value is -3.45. The van der Waals surface area contributed by atoms with Crippen molar-refractivity contribution in [2.45, 2.75) is 5.51 Å². The fraction of sp³-hybridized carbons (Fsp3) is 0.105. The SMILES string of the molecule is O=C(O)c1cccc(OS(=O)(=O)C(F)(F)F)c1C#Cc1ccc2c(c1)C=CCO2. The molecule has 2 aromatic rings. The van der Waals surface area contributed by atoms with Gasteiger partial charge in [-0.15, -0.1) is 0 Å². The monoisotopic (exact) mass is 424 g/mol. The predicted molar refractivity (Wildman–Crippen MR) is 96.0 cm³/mol. The van der Waals surface area contributed by atoms with Crippen molar-refractivity contribution in [3.05, 3.63) is 64.7 Å². The zero-order valence-electron chi connectivity index (χ0n) is 14.4. The second kappa shape index (κ2) is 7.52. The van der Waals surface area contributed by atoms with Gasteiger partial charge in [0, 0.05) is 11.1 Å². The molecule has 29 heavy (non-hydrogen) atoms. The lowest BCUT2D eigenvalue weighted by atomic mass is 10.0. The summed E-state index contributed by atoms with van der Waals surface area (Å²) in [5.41, 5.74) is -5.57. The van der Waals surface area contributed by atoms with Crippen LogP contribution in [0.5, 0.6) is 11.5 Å². The van der Waals surface area contributed by atoms with Gasteiger partial charge < -0.3 is 14.0 Å². The molecule has 1 N–H and O–H groups in total. The maximum atomic E-state index is 12.6. The van der Waals surface area contributed by atoms with E-state index in [9.17, 15) is 31.5 Å². The van der Waals surface area contributed by atoms with Crippen LogP contribution in [0.2, 0.25) is 0 Å². The van der Waals surface area contributed by atoms with Crippen molar-refractivity contribution in [1.29, 1.82) is 0 Å². The van der Waals surface area contributed by atoms with Gasteiger partial charge in [-0.1, -0.05) is 24.0 Å². The van der Waals surface area contributed by atoms with Gasteiger partial charge in [-0.25, -0.2) is 4.79 Å². The molecule has 3 rings (SSSR count). The van der Waals surface area contributed by atoms with E-state index in [2.05, 4.69) is 16.0 Å². The summed E-state index contributed by atoms with van der Waals surface area (Å²) in [5.74, 6) is 3.29. The van der Waals surface area contributed by atoms with Crippen molar-refractivity contribution in [1.82, 2.24) is 0 Å². The molecule has 0 spiro atoms. The number of ether oxygens (including phenoxy) is 1. The molecule has 0 radical (unpaired) electrons. The molecular weight excluding hydrogens is 413 g/mol. The first kappa shape index (κ1) is 20.3. The molecule has 0 aromatic heterocycles. The van der Waals surface area contributed by atoms with Crippen LogP contribution in [0, 0.1) is 11.8 Å². The molecule has 150 valence electrons.